The van der Waals surface area contributed by atoms with Gasteiger partial charge in [-0.2, -0.15) is 0 Å². The summed E-state index contributed by atoms with van der Waals surface area (Å²) in [5, 5.41) is 18.7. The molecule has 0 aromatic carbocycles. The van der Waals surface area contributed by atoms with E-state index in [0.29, 0.717) is 11.5 Å². The van der Waals surface area contributed by atoms with Gasteiger partial charge in [0.25, 0.3) is 0 Å². The summed E-state index contributed by atoms with van der Waals surface area (Å²) in [6.45, 7) is 1.55. The number of pyridine rings is 1. The average molecular weight is 299 g/mol. The van der Waals surface area contributed by atoms with Crippen molar-refractivity contribution in [2.75, 3.05) is 0 Å². The molecule has 2 aliphatic rings. The van der Waals surface area contributed by atoms with Crippen LogP contribution in [0.5, 0.6) is 0 Å². The van der Waals surface area contributed by atoms with Crippen LogP contribution in [0.2, 0.25) is 0 Å². The second-order valence-electron chi connectivity index (χ2n) is 6.26. The molecule has 0 bridgehead atoms. The number of carboxylic acids is 2. The second-order valence-corrected chi connectivity index (χ2v) is 6.26. The van der Waals surface area contributed by atoms with Crippen LogP contribution < -0.4 is 0 Å². The van der Waals surface area contributed by atoms with Crippen LogP contribution >= 0.6 is 0 Å². The highest BCUT2D eigenvalue weighted by Gasteiger charge is 2.37. The van der Waals surface area contributed by atoms with Crippen LogP contribution in [-0.2, 0) is 9.59 Å². The normalized spacial score (nSPS) is 24.4. The van der Waals surface area contributed by atoms with Gasteiger partial charge in [-0.3, -0.25) is 9.78 Å². The van der Waals surface area contributed by atoms with Gasteiger partial charge in [-0.1, -0.05) is 6.08 Å². The highest BCUT2D eigenvalue weighted by Crippen LogP contribution is 2.42. The van der Waals surface area contributed by atoms with E-state index in [-0.39, 0.29) is 12.0 Å². The van der Waals surface area contributed by atoms with Crippen LogP contribution in [0.4, 0.5) is 0 Å². The van der Waals surface area contributed by atoms with E-state index in [2.05, 4.69) is 4.98 Å². The van der Waals surface area contributed by atoms with Crippen LogP contribution in [-0.4, -0.2) is 27.1 Å². The summed E-state index contributed by atoms with van der Waals surface area (Å²) >= 11 is 0. The summed E-state index contributed by atoms with van der Waals surface area (Å²) in [6.07, 6.45) is 8.94. The molecule has 2 N–H and O–H groups in total. The lowest BCUT2D eigenvalue weighted by Gasteiger charge is -2.26. The molecule has 1 saturated carbocycles. The molecule has 1 heterocycles. The van der Waals surface area contributed by atoms with Gasteiger partial charge < -0.3 is 10.2 Å². The summed E-state index contributed by atoms with van der Waals surface area (Å²) in [5.74, 6) is -1.57. The fourth-order valence-corrected chi connectivity index (χ4v) is 2.77. The number of carboxylic acid groups (broad SMARTS) is 2. The van der Waals surface area contributed by atoms with Crippen LogP contribution in [0, 0.1) is 5.41 Å². The number of aromatic nitrogens is 1. The maximum atomic E-state index is 11.5. The topological polar surface area (TPSA) is 87.5 Å². The van der Waals surface area contributed by atoms with Crippen molar-refractivity contribution < 1.29 is 19.8 Å². The van der Waals surface area contributed by atoms with Crippen molar-refractivity contribution in [1.82, 2.24) is 4.98 Å². The lowest BCUT2D eigenvalue weighted by atomic mass is 9.76. The largest absolute Gasteiger partial charge is 0.481 e. The molecule has 0 radical (unpaired) electrons. The van der Waals surface area contributed by atoms with Gasteiger partial charge in [0.1, 0.15) is 0 Å². The first kappa shape index (κ1) is 14.5. The van der Waals surface area contributed by atoms with Crippen molar-refractivity contribution in [3.05, 3.63) is 47.3 Å². The zero-order chi connectivity index (χ0) is 15.9. The van der Waals surface area contributed by atoms with E-state index in [9.17, 15) is 19.8 Å². The Morgan fingerprint density at radius 2 is 2.00 bits per heavy atom. The Morgan fingerprint density at radius 1 is 1.27 bits per heavy atom. The first-order chi connectivity index (χ1) is 10.4. The summed E-state index contributed by atoms with van der Waals surface area (Å²) in [6, 6.07) is 1.99. The highest BCUT2D eigenvalue weighted by molar-refractivity contribution is 5.96. The smallest absolute Gasteiger partial charge is 0.331 e. The van der Waals surface area contributed by atoms with Gasteiger partial charge in [0, 0.05) is 23.5 Å². The molecule has 5 nitrogen and oxygen atoms in total. The van der Waals surface area contributed by atoms with Gasteiger partial charge in [0.15, 0.2) is 0 Å². The zero-order valence-electron chi connectivity index (χ0n) is 12.2. The SMILES string of the molecule is CC1(C(=O)O)C=C(c2cncc(C3CC3)c2)C=C(C(=O)O)C1. The maximum Gasteiger partial charge on any atom is 0.331 e. The van der Waals surface area contributed by atoms with E-state index < -0.39 is 17.4 Å². The van der Waals surface area contributed by atoms with Gasteiger partial charge in [0.2, 0.25) is 0 Å². The predicted octanol–water partition coefficient (Wildman–Crippen LogP) is 2.85. The number of rotatable bonds is 4. The molecular weight excluding hydrogens is 282 g/mol. The summed E-state index contributed by atoms with van der Waals surface area (Å²) in [4.78, 5) is 27.1. The molecule has 1 fully saturated rings. The van der Waals surface area contributed by atoms with E-state index in [0.717, 1.165) is 24.0 Å². The van der Waals surface area contributed by atoms with Crippen molar-refractivity contribution in [3.63, 3.8) is 0 Å². The van der Waals surface area contributed by atoms with E-state index in [1.54, 1.807) is 25.3 Å². The van der Waals surface area contributed by atoms with E-state index in [1.165, 1.54) is 0 Å². The number of carbonyl (C=O) groups is 2. The third-order valence-corrected chi connectivity index (χ3v) is 4.27. The fraction of sp³-hybridized carbons (Fsp3) is 0.353. The Hall–Kier alpha value is -2.43. The zero-order valence-corrected chi connectivity index (χ0v) is 12.2. The Bertz CT molecular complexity index is 715. The Balaban J connectivity index is 2.05. The molecule has 0 spiro atoms. The first-order valence-corrected chi connectivity index (χ1v) is 7.24. The van der Waals surface area contributed by atoms with Crippen molar-refractivity contribution in [1.29, 1.82) is 0 Å². The van der Waals surface area contributed by atoms with E-state index >= 15 is 0 Å². The lowest BCUT2D eigenvalue weighted by Crippen LogP contribution is -2.29. The molecule has 1 aromatic heterocycles. The minimum absolute atomic E-state index is 0.0170. The minimum atomic E-state index is -1.21. The molecule has 114 valence electrons. The summed E-state index contributed by atoms with van der Waals surface area (Å²) in [5.41, 5.74) is 1.41. The molecule has 2 aliphatic carbocycles. The molecule has 5 heteroatoms. The van der Waals surface area contributed by atoms with Gasteiger partial charge >= 0.3 is 11.9 Å². The van der Waals surface area contributed by atoms with Gasteiger partial charge in [0.05, 0.1) is 5.41 Å². The summed E-state index contributed by atoms with van der Waals surface area (Å²) < 4.78 is 0. The van der Waals surface area contributed by atoms with Gasteiger partial charge in [-0.05, 0) is 55.4 Å². The van der Waals surface area contributed by atoms with Crippen LogP contribution in [0.25, 0.3) is 5.57 Å². The molecule has 3 rings (SSSR count). The average Bonchev–Trinajstić information content (AvgIpc) is 3.31. The minimum Gasteiger partial charge on any atom is -0.481 e. The number of aliphatic carboxylic acids is 2. The number of hydrogen-bond acceptors (Lipinski definition) is 3. The van der Waals surface area contributed by atoms with Crippen molar-refractivity contribution in [2.24, 2.45) is 5.41 Å². The molecule has 1 aromatic rings. The van der Waals surface area contributed by atoms with Crippen LogP contribution in [0.1, 0.15) is 43.2 Å². The molecule has 0 aliphatic heterocycles. The maximum absolute atomic E-state index is 11.5. The Morgan fingerprint density at radius 3 is 2.59 bits per heavy atom. The third kappa shape index (κ3) is 2.66. The van der Waals surface area contributed by atoms with Crippen molar-refractivity contribution in [2.45, 2.75) is 32.1 Å². The Labute approximate surface area is 128 Å². The van der Waals surface area contributed by atoms with E-state index in [4.69, 9.17) is 0 Å². The standard InChI is InChI=1S/C17H17NO4/c1-17(16(21)22)6-11(4-12(7-17)15(19)20)14-5-13(8-18-9-14)10-2-3-10/h4-6,8-10H,2-3,7H2,1H3,(H,19,20)(H,21,22). The highest BCUT2D eigenvalue weighted by atomic mass is 16.4. The van der Waals surface area contributed by atoms with Crippen LogP contribution in [0.15, 0.2) is 36.2 Å². The van der Waals surface area contributed by atoms with Gasteiger partial charge in [-0.15, -0.1) is 0 Å². The molecule has 22 heavy (non-hydrogen) atoms. The fourth-order valence-electron chi connectivity index (χ4n) is 2.77. The summed E-state index contributed by atoms with van der Waals surface area (Å²) in [7, 11) is 0. The van der Waals surface area contributed by atoms with Gasteiger partial charge in [-0.25, -0.2) is 4.79 Å². The number of nitrogens with zero attached hydrogens (tertiary/aromatic N) is 1. The first-order valence-electron chi connectivity index (χ1n) is 7.24. The molecule has 1 unspecified atom stereocenters. The monoisotopic (exact) mass is 299 g/mol. The lowest BCUT2D eigenvalue weighted by molar-refractivity contribution is -0.145. The molecule has 1 atom stereocenters. The quantitative estimate of drug-likeness (QED) is 0.892. The van der Waals surface area contributed by atoms with Crippen LogP contribution in [0.3, 0.4) is 0 Å². The molecule has 0 amide bonds. The van der Waals surface area contributed by atoms with E-state index in [1.807, 2.05) is 12.3 Å². The Kier molecular flexibility index (Phi) is 3.35. The second kappa shape index (κ2) is 5.09. The number of allylic oxidation sites excluding steroid dienone is 2. The molecule has 0 saturated heterocycles. The van der Waals surface area contributed by atoms with Crippen molar-refractivity contribution in [3.8, 4) is 0 Å². The third-order valence-electron chi connectivity index (χ3n) is 4.27. The molecular formula is C17H17NO4. The van der Waals surface area contributed by atoms with Crippen molar-refractivity contribution >= 4 is 17.5 Å². The predicted molar refractivity (Wildman–Crippen MR) is 80.3 cm³/mol. The number of hydrogen-bond donors (Lipinski definition) is 2.